The molecule has 5 nitrogen and oxygen atoms in total. The van der Waals surface area contributed by atoms with E-state index in [0.717, 1.165) is 0 Å². The molecule has 0 amide bonds. The molecule has 1 rings (SSSR count). The Balaban J connectivity index is 3.10. The lowest BCUT2D eigenvalue weighted by Gasteiger charge is -2.49. The molecule has 100 valence electrons. The van der Waals surface area contributed by atoms with Crippen molar-refractivity contribution in [2.45, 2.75) is 57.9 Å². The van der Waals surface area contributed by atoms with Crippen LogP contribution >= 0.6 is 0 Å². The maximum absolute atomic E-state index is 12.3. The predicted octanol–water partition coefficient (Wildman–Crippen LogP) is 1.30. The van der Waals surface area contributed by atoms with Gasteiger partial charge in [-0.15, -0.1) is 0 Å². The molecule has 6 heteroatoms. The number of aliphatic carboxylic acids is 1. The Labute approximate surface area is 103 Å². The minimum absolute atomic E-state index is 0.128. The summed E-state index contributed by atoms with van der Waals surface area (Å²) < 4.78 is 24.9. The van der Waals surface area contributed by atoms with Crippen LogP contribution < -0.4 is 0 Å². The SMILES string of the molecule is CC(C)[C@H]1C[C@@H](C(=O)O)N1S(=O)(=O)C(C)(C)C. The highest BCUT2D eigenvalue weighted by molar-refractivity contribution is 7.90. The smallest absolute Gasteiger partial charge is 0.322 e. The van der Waals surface area contributed by atoms with Gasteiger partial charge >= 0.3 is 5.97 Å². The van der Waals surface area contributed by atoms with E-state index in [1.54, 1.807) is 20.8 Å². The molecule has 0 bridgehead atoms. The average molecular weight is 263 g/mol. The number of rotatable bonds is 3. The van der Waals surface area contributed by atoms with Gasteiger partial charge in [0.05, 0.1) is 4.75 Å². The van der Waals surface area contributed by atoms with Crippen LogP contribution in [0.5, 0.6) is 0 Å². The average Bonchev–Trinajstić information content (AvgIpc) is 1.95. The number of carboxylic acids is 1. The summed E-state index contributed by atoms with van der Waals surface area (Å²) in [6, 6.07) is -1.09. The van der Waals surface area contributed by atoms with Gasteiger partial charge < -0.3 is 5.11 Å². The first-order valence-corrected chi connectivity index (χ1v) is 7.20. The largest absolute Gasteiger partial charge is 0.480 e. The van der Waals surface area contributed by atoms with E-state index in [1.807, 2.05) is 13.8 Å². The Morgan fingerprint density at radius 1 is 1.35 bits per heavy atom. The molecule has 1 fully saturated rings. The number of hydrogen-bond acceptors (Lipinski definition) is 3. The molecular formula is C11H21NO4S. The van der Waals surface area contributed by atoms with E-state index in [-0.39, 0.29) is 12.0 Å². The summed E-state index contributed by atoms with van der Waals surface area (Å²) in [6.07, 6.45) is 0.405. The molecule has 1 N–H and O–H groups in total. The summed E-state index contributed by atoms with van der Waals surface area (Å²) in [7, 11) is -3.58. The summed E-state index contributed by atoms with van der Waals surface area (Å²) >= 11 is 0. The number of carboxylic acid groups (broad SMARTS) is 1. The van der Waals surface area contributed by atoms with Gasteiger partial charge in [-0.2, -0.15) is 4.31 Å². The maximum Gasteiger partial charge on any atom is 0.322 e. The van der Waals surface area contributed by atoms with E-state index in [9.17, 15) is 13.2 Å². The van der Waals surface area contributed by atoms with Gasteiger partial charge in [0.2, 0.25) is 10.0 Å². The number of nitrogens with zero attached hydrogens (tertiary/aromatic N) is 1. The highest BCUT2D eigenvalue weighted by Gasteiger charge is 2.53. The second-order valence-corrected chi connectivity index (χ2v) is 8.44. The molecule has 0 aliphatic carbocycles. The first kappa shape index (κ1) is 14.4. The molecule has 1 heterocycles. The minimum Gasteiger partial charge on any atom is -0.480 e. The van der Waals surface area contributed by atoms with E-state index in [1.165, 1.54) is 4.31 Å². The lowest BCUT2D eigenvalue weighted by molar-refractivity contribution is -0.148. The van der Waals surface area contributed by atoms with Crippen molar-refractivity contribution in [3.63, 3.8) is 0 Å². The monoisotopic (exact) mass is 263 g/mol. The first-order chi connectivity index (χ1) is 7.50. The highest BCUT2D eigenvalue weighted by Crippen LogP contribution is 2.38. The van der Waals surface area contributed by atoms with Crippen LogP contribution in [0, 0.1) is 5.92 Å². The third-order valence-electron chi connectivity index (χ3n) is 3.20. The lowest BCUT2D eigenvalue weighted by Crippen LogP contribution is -2.66. The number of carbonyl (C=O) groups is 1. The van der Waals surface area contributed by atoms with Gasteiger partial charge in [0.15, 0.2) is 0 Å². The Morgan fingerprint density at radius 3 is 2.12 bits per heavy atom. The topological polar surface area (TPSA) is 74.7 Å². The molecule has 1 aliphatic rings. The third kappa shape index (κ3) is 2.33. The molecule has 0 spiro atoms. The Morgan fingerprint density at radius 2 is 1.82 bits per heavy atom. The van der Waals surface area contributed by atoms with Crippen molar-refractivity contribution in [3.8, 4) is 0 Å². The molecule has 0 unspecified atom stereocenters. The summed E-state index contributed by atoms with van der Waals surface area (Å²) in [5.41, 5.74) is 0. The fourth-order valence-electron chi connectivity index (χ4n) is 1.97. The predicted molar refractivity (Wildman–Crippen MR) is 65.2 cm³/mol. The molecule has 0 aromatic rings. The fraction of sp³-hybridized carbons (Fsp3) is 0.909. The fourth-order valence-corrected chi connectivity index (χ4v) is 3.80. The zero-order chi connectivity index (χ0) is 13.6. The van der Waals surface area contributed by atoms with Crippen LogP contribution in [0.15, 0.2) is 0 Å². The van der Waals surface area contributed by atoms with Gasteiger partial charge in [-0.05, 0) is 33.1 Å². The number of hydrogen-bond donors (Lipinski definition) is 1. The lowest BCUT2D eigenvalue weighted by atomic mass is 9.88. The van der Waals surface area contributed by atoms with E-state index in [0.29, 0.717) is 6.42 Å². The zero-order valence-electron chi connectivity index (χ0n) is 11.0. The van der Waals surface area contributed by atoms with Gasteiger partial charge in [0, 0.05) is 6.04 Å². The standard InChI is InChI=1S/C11H21NO4S/c1-7(2)8-6-9(10(13)14)12(8)17(15,16)11(3,4)5/h7-9H,6H2,1-5H3,(H,13,14)/t8-,9+/m1/s1. The van der Waals surface area contributed by atoms with Crippen LogP contribution in [0.25, 0.3) is 0 Å². The van der Waals surface area contributed by atoms with Gasteiger partial charge in [0.25, 0.3) is 0 Å². The second-order valence-electron chi connectivity index (χ2n) is 5.85. The first-order valence-electron chi connectivity index (χ1n) is 5.76. The van der Waals surface area contributed by atoms with E-state index < -0.39 is 26.8 Å². The van der Waals surface area contributed by atoms with Crippen molar-refractivity contribution >= 4 is 16.0 Å². The third-order valence-corrected chi connectivity index (χ3v) is 5.83. The van der Waals surface area contributed by atoms with Gasteiger partial charge in [-0.3, -0.25) is 4.79 Å². The number of sulfonamides is 1. The summed E-state index contributed by atoms with van der Waals surface area (Å²) in [5, 5.41) is 9.03. The Bertz CT molecular complexity index is 408. The Hall–Kier alpha value is -0.620. The maximum atomic E-state index is 12.3. The zero-order valence-corrected chi connectivity index (χ0v) is 11.8. The van der Waals surface area contributed by atoms with Crippen LogP contribution in [0.4, 0.5) is 0 Å². The molecule has 0 saturated carbocycles. The van der Waals surface area contributed by atoms with Crippen molar-refractivity contribution in [1.82, 2.24) is 4.31 Å². The minimum atomic E-state index is -3.58. The van der Waals surface area contributed by atoms with Crippen LogP contribution in [-0.2, 0) is 14.8 Å². The van der Waals surface area contributed by atoms with Crippen molar-refractivity contribution in [2.75, 3.05) is 0 Å². The summed E-state index contributed by atoms with van der Waals surface area (Å²) in [5.74, 6) is -0.933. The highest BCUT2D eigenvalue weighted by atomic mass is 32.2. The molecule has 1 saturated heterocycles. The molecule has 17 heavy (non-hydrogen) atoms. The van der Waals surface area contributed by atoms with Crippen LogP contribution in [-0.4, -0.2) is 40.6 Å². The molecule has 0 radical (unpaired) electrons. The van der Waals surface area contributed by atoms with Gasteiger partial charge in [-0.1, -0.05) is 13.8 Å². The van der Waals surface area contributed by atoms with E-state index in [2.05, 4.69) is 0 Å². The van der Waals surface area contributed by atoms with Crippen molar-refractivity contribution < 1.29 is 18.3 Å². The summed E-state index contributed by atoms with van der Waals surface area (Å²) in [4.78, 5) is 11.0. The second kappa shape index (κ2) is 4.24. The van der Waals surface area contributed by atoms with Crippen molar-refractivity contribution in [1.29, 1.82) is 0 Å². The van der Waals surface area contributed by atoms with Crippen molar-refractivity contribution in [3.05, 3.63) is 0 Å². The molecule has 0 aromatic heterocycles. The summed E-state index contributed by atoms with van der Waals surface area (Å²) in [6.45, 7) is 8.60. The van der Waals surface area contributed by atoms with Gasteiger partial charge in [0.1, 0.15) is 6.04 Å². The van der Waals surface area contributed by atoms with Crippen LogP contribution in [0.1, 0.15) is 41.0 Å². The van der Waals surface area contributed by atoms with E-state index >= 15 is 0 Å². The van der Waals surface area contributed by atoms with Crippen LogP contribution in [0.3, 0.4) is 0 Å². The van der Waals surface area contributed by atoms with Crippen LogP contribution in [0.2, 0.25) is 0 Å². The van der Waals surface area contributed by atoms with Gasteiger partial charge in [-0.25, -0.2) is 8.42 Å². The van der Waals surface area contributed by atoms with Crippen molar-refractivity contribution in [2.24, 2.45) is 5.92 Å². The molecule has 2 atom stereocenters. The molecule has 1 aliphatic heterocycles. The Kier molecular flexibility index (Phi) is 3.60. The normalized spacial score (nSPS) is 26.9. The quantitative estimate of drug-likeness (QED) is 0.832. The molecule has 0 aromatic carbocycles. The van der Waals surface area contributed by atoms with E-state index in [4.69, 9.17) is 5.11 Å². The molecular weight excluding hydrogens is 242 g/mol.